The van der Waals surface area contributed by atoms with Gasteiger partial charge in [0.15, 0.2) is 0 Å². The molecule has 0 aromatic heterocycles. The maximum absolute atomic E-state index is 12.1. The van der Waals surface area contributed by atoms with E-state index in [1.54, 1.807) is 0 Å². The summed E-state index contributed by atoms with van der Waals surface area (Å²) in [6, 6.07) is 7.74. The SMILES string of the molecule is CCCCCCOc1cccc(NC(=O)CC2CCCC2)c1. The van der Waals surface area contributed by atoms with Gasteiger partial charge in [0.1, 0.15) is 5.75 Å². The molecule has 3 nitrogen and oxygen atoms in total. The largest absolute Gasteiger partial charge is 0.494 e. The van der Waals surface area contributed by atoms with Crippen molar-refractivity contribution in [3.8, 4) is 5.75 Å². The van der Waals surface area contributed by atoms with Gasteiger partial charge in [-0.25, -0.2) is 0 Å². The Bertz CT molecular complexity index is 453. The summed E-state index contributed by atoms with van der Waals surface area (Å²) in [5.74, 6) is 1.56. The van der Waals surface area contributed by atoms with E-state index in [0.717, 1.165) is 24.5 Å². The molecule has 122 valence electrons. The third-order valence-electron chi connectivity index (χ3n) is 4.33. The van der Waals surface area contributed by atoms with Gasteiger partial charge < -0.3 is 10.1 Å². The summed E-state index contributed by atoms with van der Waals surface area (Å²) in [6.45, 7) is 2.96. The van der Waals surface area contributed by atoms with Gasteiger partial charge in [0.2, 0.25) is 5.91 Å². The summed E-state index contributed by atoms with van der Waals surface area (Å²) in [6.07, 6.45) is 10.4. The molecular weight excluding hydrogens is 274 g/mol. The molecule has 0 heterocycles. The first-order chi connectivity index (χ1) is 10.8. The third-order valence-corrected chi connectivity index (χ3v) is 4.33. The molecular formula is C19H29NO2. The standard InChI is InChI=1S/C19H29NO2/c1-2-3-4-7-13-22-18-12-8-11-17(15-18)20-19(21)14-16-9-5-6-10-16/h8,11-12,15-16H,2-7,9-10,13-14H2,1H3,(H,20,21). The van der Waals surface area contributed by atoms with Gasteiger partial charge in [-0.05, 0) is 37.3 Å². The van der Waals surface area contributed by atoms with Gasteiger partial charge in [0, 0.05) is 18.2 Å². The molecule has 1 N–H and O–H groups in total. The molecule has 1 aromatic carbocycles. The highest BCUT2D eigenvalue weighted by Gasteiger charge is 2.18. The highest BCUT2D eigenvalue weighted by atomic mass is 16.5. The van der Waals surface area contributed by atoms with Crippen molar-refractivity contribution in [1.82, 2.24) is 0 Å². The fraction of sp³-hybridized carbons (Fsp3) is 0.632. The van der Waals surface area contributed by atoms with Crippen LogP contribution in [-0.4, -0.2) is 12.5 Å². The van der Waals surface area contributed by atoms with Crippen LogP contribution in [-0.2, 0) is 4.79 Å². The van der Waals surface area contributed by atoms with E-state index in [9.17, 15) is 4.79 Å². The Balaban J connectivity index is 1.74. The number of amides is 1. The number of anilines is 1. The van der Waals surface area contributed by atoms with Crippen LogP contribution in [0, 0.1) is 5.92 Å². The zero-order valence-electron chi connectivity index (χ0n) is 13.8. The van der Waals surface area contributed by atoms with Gasteiger partial charge in [0.05, 0.1) is 6.61 Å². The summed E-state index contributed by atoms with van der Waals surface area (Å²) in [7, 11) is 0. The lowest BCUT2D eigenvalue weighted by Gasteiger charge is -2.11. The average Bonchev–Trinajstić information content (AvgIpc) is 3.00. The number of benzene rings is 1. The van der Waals surface area contributed by atoms with E-state index in [2.05, 4.69) is 12.2 Å². The summed E-state index contributed by atoms with van der Waals surface area (Å²) < 4.78 is 5.76. The van der Waals surface area contributed by atoms with Gasteiger partial charge in [-0.3, -0.25) is 4.79 Å². The molecule has 0 unspecified atom stereocenters. The van der Waals surface area contributed by atoms with E-state index in [1.807, 2.05) is 24.3 Å². The van der Waals surface area contributed by atoms with Gasteiger partial charge in [0.25, 0.3) is 0 Å². The van der Waals surface area contributed by atoms with Crippen LogP contribution in [0.2, 0.25) is 0 Å². The average molecular weight is 303 g/mol. The van der Waals surface area contributed by atoms with Crippen molar-refractivity contribution in [3.05, 3.63) is 24.3 Å². The van der Waals surface area contributed by atoms with E-state index in [0.29, 0.717) is 12.3 Å². The first-order valence-electron chi connectivity index (χ1n) is 8.80. The van der Waals surface area contributed by atoms with Gasteiger partial charge in [-0.1, -0.05) is 45.1 Å². The van der Waals surface area contributed by atoms with Crippen molar-refractivity contribution >= 4 is 11.6 Å². The fourth-order valence-electron chi connectivity index (χ4n) is 3.07. The Labute approximate surface area is 134 Å². The smallest absolute Gasteiger partial charge is 0.224 e. The van der Waals surface area contributed by atoms with Gasteiger partial charge in [-0.15, -0.1) is 0 Å². The van der Waals surface area contributed by atoms with Crippen LogP contribution in [0.5, 0.6) is 5.75 Å². The minimum atomic E-state index is 0.131. The topological polar surface area (TPSA) is 38.3 Å². The highest BCUT2D eigenvalue weighted by molar-refractivity contribution is 5.91. The third kappa shape index (κ3) is 6.08. The number of unbranched alkanes of at least 4 members (excludes halogenated alkanes) is 3. The zero-order chi connectivity index (χ0) is 15.6. The molecule has 0 aliphatic heterocycles. The van der Waals surface area contributed by atoms with Crippen LogP contribution in [0.15, 0.2) is 24.3 Å². The molecule has 2 rings (SSSR count). The number of carbonyl (C=O) groups is 1. The van der Waals surface area contributed by atoms with Crippen molar-refractivity contribution in [2.24, 2.45) is 5.92 Å². The first-order valence-corrected chi connectivity index (χ1v) is 8.80. The number of carbonyl (C=O) groups excluding carboxylic acids is 1. The summed E-state index contributed by atoms with van der Waals surface area (Å²) in [5.41, 5.74) is 0.842. The predicted molar refractivity (Wildman–Crippen MR) is 91.3 cm³/mol. The van der Waals surface area contributed by atoms with E-state index in [1.165, 1.54) is 44.9 Å². The van der Waals surface area contributed by atoms with Crippen LogP contribution in [0.3, 0.4) is 0 Å². The van der Waals surface area contributed by atoms with Crippen LogP contribution >= 0.6 is 0 Å². The Morgan fingerprint density at radius 2 is 2.05 bits per heavy atom. The normalized spacial score (nSPS) is 15.0. The lowest BCUT2D eigenvalue weighted by Crippen LogP contribution is -2.15. The minimum Gasteiger partial charge on any atom is -0.494 e. The molecule has 22 heavy (non-hydrogen) atoms. The number of ether oxygens (including phenoxy) is 1. The second-order valence-electron chi connectivity index (χ2n) is 6.34. The number of nitrogens with one attached hydrogen (secondary N) is 1. The van der Waals surface area contributed by atoms with Crippen molar-refractivity contribution in [1.29, 1.82) is 0 Å². The summed E-state index contributed by atoms with van der Waals surface area (Å²) >= 11 is 0. The molecule has 1 aliphatic carbocycles. The predicted octanol–water partition coefficient (Wildman–Crippen LogP) is 5.16. The molecule has 0 saturated heterocycles. The molecule has 1 amide bonds. The second kappa shape index (κ2) is 9.50. The minimum absolute atomic E-state index is 0.131. The maximum Gasteiger partial charge on any atom is 0.224 e. The molecule has 1 aliphatic rings. The molecule has 0 atom stereocenters. The number of hydrogen-bond donors (Lipinski definition) is 1. The Morgan fingerprint density at radius 3 is 2.82 bits per heavy atom. The van der Waals surface area contributed by atoms with Crippen molar-refractivity contribution in [2.75, 3.05) is 11.9 Å². The lowest BCUT2D eigenvalue weighted by atomic mass is 10.0. The fourth-order valence-corrected chi connectivity index (χ4v) is 3.07. The second-order valence-corrected chi connectivity index (χ2v) is 6.34. The van der Waals surface area contributed by atoms with Crippen LogP contribution in [0.25, 0.3) is 0 Å². The molecule has 1 saturated carbocycles. The van der Waals surface area contributed by atoms with E-state index < -0.39 is 0 Å². The number of rotatable bonds is 9. The molecule has 0 spiro atoms. The lowest BCUT2D eigenvalue weighted by molar-refractivity contribution is -0.117. The van der Waals surface area contributed by atoms with Crippen molar-refractivity contribution in [2.45, 2.75) is 64.7 Å². The molecule has 3 heteroatoms. The van der Waals surface area contributed by atoms with Crippen LogP contribution in [0.1, 0.15) is 64.7 Å². The van der Waals surface area contributed by atoms with Crippen molar-refractivity contribution < 1.29 is 9.53 Å². The first kappa shape index (κ1) is 16.9. The van der Waals surface area contributed by atoms with Crippen molar-refractivity contribution in [3.63, 3.8) is 0 Å². The van der Waals surface area contributed by atoms with Gasteiger partial charge in [-0.2, -0.15) is 0 Å². The van der Waals surface area contributed by atoms with Crippen LogP contribution in [0.4, 0.5) is 5.69 Å². The Hall–Kier alpha value is -1.51. The Morgan fingerprint density at radius 1 is 1.23 bits per heavy atom. The number of hydrogen-bond acceptors (Lipinski definition) is 2. The zero-order valence-corrected chi connectivity index (χ0v) is 13.8. The van der Waals surface area contributed by atoms with E-state index in [4.69, 9.17) is 4.74 Å². The van der Waals surface area contributed by atoms with Gasteiger partial charge >= 0.3 is 0 Å². The quantitative estimate of drug-likeness (QED) is 0.639. The van der Waals surface area contributed by atoms with E-state index in [-0.39, 0.29) is 5.91 Å². The highest BCUT2D eigenvalue weighted by Crippen LogP contribution is 2.28. The Kier molecular flexibility index (Phi) is 7.27. The molecule has 1 aromatic rings. The van der Waals surface area contributed by atoms with Crippen LogP contribution < -0.4 is 10.1 Å². The molecule has 0 bridgehead atoms. The summed E-state index contributed by atoms with van der Waals surface area (Å²) in [4.78, 5) is 12.1. The van der Waals surface area contributed by atoms with E-state index >= 15 is 0 Å². The monoisotopic (exact) mass is 303 g/mol. The molecule has 0 radical (unpaired) electrons. The molecule has 1 fully saturated rings. The summed E-state index contributed by atoms with van der Waals surface area (Å²) in [5, 5.41) is 3.00. The maximum atomic E-state index is 12.1.